The van der Waals surface area contributed by atoms with E-state index in [0.717, 1.165) is 0 Å². The third-order valence-electron chi connectivity index (χ3n) is 0.802. The van der Waals surface area contributed by atoms with Gasteiger partial charge in [0.25, 0.3) is 0 Å². The van der Waals surface area contributed by atoms with Gasteiger partial charge in [-0.15, -0.1) is 8.39 Å². The van der Waals surface area contributed by atoms with Gasteiger partial charge < -0.3 is 4.52 Å². The van der Waals surface area contributed by atoms with Gasteiger partial charge in [-0.2, -0.15) is 0 Å². The fraction of sp³-hybridized carbons (Fsp3) is 0.800. The van der Waals surface area contributed by atoms with Gasteiger partial charge in [-0.1, -0.05) is 0 Å². The lowest BCUT2D eigenvalue weighted by atomic mass is 9.98. The first kappa shape index (κ1) is 10.6. The molecule has 0 aromatic heterocycles. The molecule has 0 rings (SSSR count). The molecule has 0 spiro atoms. The van der Waals surface area contributed by atoms with Crippen LogP contribution in [0.4, 0.5) is 8.39 Å². The lowest BCUT2D eigenvalue weighted by molar-refractivity contribution is -0.143. The molecular weight excluding hydrogens is 177 g/mol. The van der Waals surface area contributed by atoms with Crippen molar-refractivity contribution in [2.45, 2.75) is 20.8 Å². The van der Waals surface area contributed by atoms with E-state index in [4.69, 9.17) is 0 Å². The molecule has 11 heavy (non-hydrogen) atoms. The molecule has 0 N–H and O–H groups in total. The lowest BCUT2D eigenvalue weighted by Gasteiger charge is -2.14. The molecule has 6 heteroatoms. The molecule has 0 radical (unpaired) electrons. The van der Waals surface area contributed by atoms with Crippen molar-refractivity contribution in [2.24, 2.45) is 5.41 Å². The minimum Gasteiger partial charge on any atom is -0.364 e. The summed E-state index contributed by atoms with van der Waals surface area (Å²) in [6.07, 6.45) is 0. The van der Waals surface area contributed by atoms with Crippen LogP contribution < -0.4 is 0 Å². The van der Waals surface area contributed by atoms with Crippen LogP contribution in [0.2, 0.25) is 0 Å². The second-order valence-corrected chi connectivity index (χ2v) is 4.05. The van der Waals surface area contributed by atoms with Crippen molar-refractivity contribution in [1.82, 2.24) is 0 Å². The van der Waals surface area contributed by atoms with Gasteiger partial charge >= 0.3 is 14.0 Å². The summed E-state index contributed by atoms with van der Waals surface area (Å²) in [6, 6.07) is 0. The summed E-state index contributed by atoms with van der Waals surface area (Å²) in [5.41, 5.74) is -1.05. The normalized spacial score (nSPS) is 12.8. The third kappa shape index (κ3) is 4.90. The second-order valence-electron chi connectivity index (χ2n) is 3.04. The highest BCUT2D eigenvalue weighted by Gasteiger charge is 2.33. The number of carbonyl (C=O) groups is 1. The Morgan fingerprint density at radius 2 is 1.73 bits per heavy atom. The molecule has 0 unspecified atom stereocenters. The van der Waals surface area contributed by atoms with E-state index in [2.05, 4.69) is 4.52 Å². The number of hydrogen-bond acceptors (Lipinski definition) is 3. The molecular formula is C5H9F2O3P. The number of hydrogen-bond donors (Lipinski definition) is 0. The van der Waals surface area contributed by atoms with E-state index in [9.17, 15) is 17.8 Å². The van der Waals surface area contributed by atoms with Gasteiger partial charge in [-0.3, -0.25) is 4.79 Å². The SMILES string of the molecule is CC(C)(C)C(=O)OP(=O)(F)F. The van der Waals surface area contributed by atoms with E-state index in [-0.39, 0.29) is 0 Å². The van der Waals surface area contributed by atoms with Crippen LogP contribution in [-0.4, -0.2) is 5.97 Å². The summed E-state index contributed by atoms with van der Waals surface area (Å²) in [7, 11) is -5.67. The number of rotatable bonds is 1. The van der Waals surface area contributed by atoms with E-state index in [1.807, 2.05) is 0 Å². The Labute approximate surface area is 63.4 Å². The Hall–Kier alpha value is -0.440. The highest BCUT2D eigenvalue weighted by atomic mass is 31.2. The van der Waals surface area contributed by atoms with Crippen molar-refractivity contribution in [3.05, 3.63) is 0 Å². The Morgan fingerprint density at radius 1 is 1.36 bits per heavy atom. The van der Waals surface area contributed by atoms with Gasteiger partial charge in [0, 0.05) is 0 Å². The minimum atomic E-state index is -5.67. The average Bonchev–Trinajstić information content (AvgIpc) is 1.56. The highest BCUT2D eigenvalue weighted by Crippen LogP contribution is 2.51. The summed E-state index contributed by atoms with van der Waals surface area (Å²) in [5, 5.41) is 0. The number of halogens is 2. The van der Waals surface area contributed by atoms with Crippen molar-refractivity contribution in [2.75, 3.05) is 0 Å². The van der Waals surface area contributed by atoms with Crippen molar-refractivity contribution >= 4 is 14.0 Å². The Balaban J connectivity index is 4.23. The zero-order valence-corrected chi connectivity index (χ0v) is 7.32. The van der Waals surface area contributed by atoms with Gasteiger partial charge in [0.1, 0.15) is 0 Å². The molecule has 3 nitrogen and oxygen atoms in total. The molecule has 0 saturated carbocycles. The molecule has 66 valence electrons. The monoisotopic (exact) mass is 186 g/mol. The Morgan fingerprint density at radius 3 is 1.82 bits per heavy atom. The Kier molecular flexibility index (Phi) is 2.78. The van der Waals surface area contributed by atoms with Gasteiger partial charge in [0.05, 0.1) is 5.41 Å². The molecule has 0 aromatic rings. The zero-order valence-electron chi connectivity index (χ0n) is 6.43. The van der Waals surface area contributed by atoms with Crippen LogP contribution in [0.15, 0.2) is 0 Å². The molecule has 0 atom stereocenters. The predicted molar refractivity (Wildman–Crippen MR) is 35.4 cm³/mol. The maximum Gasteiger partial charge on any atom is 0.612 e. The average molecular weight is 186 g/mol. The van der Waals surface area contributed by atoms with Crippen LogP contribution in [-0.2, 0) is 13.9 Å². The summed E-state index contributed by atoms with van der Waals surface area (Å²) >= 11 is 0. The van der Waals surface area contributed by atoms with E-state index in [1.165, 1.54) is 20.8 Å². The first-order valence-electron chi connectivity index (χ1n) is 2.86. The molecule has 0 heterocycles. The third-order valence-corrected chi connectivity index (χ3v) is 1.18. The minimum absolute atomic E-state index is 1.05. The molecule has 0 bridgehead atoms. The van der Waals surface area contributed by atoms with Crippen LogP contribution >= 0.6 is 7.99 Å². The maximum atomic E-state index is 11.6. The maximum absolute atomic E-state index is 11.6. The summed E-state index contributed by atoms with van der Waals surface area (Å²) in [6.45, 7) is 4.18. The van der Waals surface area contributed by atoms with Gasteiger partial charge in [0.2, 0.25) is 0 Å². The van der Waals surface area contributed by atoms with Crippen molar-refractivity contribution in [3.8, 4) is 0 Å². The Bertz CT molecular complexity index is 202. The molecule has 0 saturated heterocycles. The van der Waals surface area contributed by atoms with Crippen LogP contribution in [0.25, 0.3) is 0 Å². The van der Waals surface area contributed by atoms with Crippen LogP contribution in [0.3, 0.4) is 0 Å². The van der Waals surface area contributed by atoms with Crippen LogP contribution in [0.1, 0.15) is 20.8 Å². The van der Waals surface area contributed by atoms with Crippen LogP contribution in [0, 0.1) is 5.41 Å². The topological polar surface area (TPSA) is 43.4 Å². The highest BCUT2D eigenvalue weighted by molar-refractivity contribution is 7.48. The molecule has 0 aromatic carbocycles. The standard InChI is InChI=1S/C5H9F2O3P/c1-5(2,3)4(8)10-11(6,7)9/h1-3H3. The largest absolute Gasteiger partial charge is 0.612 e. The molecule has 0 fully saturated rings. The van der Waals surface area contributed by atoms with E-state index in [1.54, 1.807) is 0 Å². The lowest BCUT2D eigenvalue weighted by Crippen LogP contribution is -2.20. The quantitative estimate of drug-likeness (QED) is 0.591. The summed E-state index contributed by atoms with van der Waals surface area (Å²) in [4.78, 5) is 10.6. The van der Waals surface area contributed by atoms with Crippen molar-refractivity contribution in [1.29, 1.82) is 0 Å². The van der Waals surface area contributed by atoms with Crippen molar-refractivity contribution < 1.29 is 22.3 Å². The molecule has 0 aliphatic carbocycles. The smallest absolute Gasteiger partial charge is 0.364 e. The fourth-order valence-corrected chi connectivity index (χ4v) is 0.700. The van der Waals surface area contributed by atoms with Crippen molar-refractivity contribution in [3.63, 3.8) is 0 Å². The second kappa shape index (κ2) is 2.89. The molecule has 0 aliphatic rings. The van der Waals surface area contributed by atoms with E-state index >= 15 is 0 Å². The zero-order chi connectivity index (χ0) is 9.28. The molecule has 0 amide bonds. The predicted octanol–water partition coefficient (Wildman–Crippen LogP) is 2.62. The van der Waals surface area contributed by atoms with Gasteiger partial charge in [0.15, 0.2) is 0 Å². The summed E-state index contributed by atoms with van der Waals surface area (Å²) in [5.74, 6) is -1.16. The first-order chi connectivity index (χ1) is 4.63. The molecule has 0 aliphatic heterocycles. The van der Waals surface area contributed by atoms with Gasteiger partial charge in [-0.25, -0.2) is 4.57 Å². The summed E-state index contributed by atoms with van der Waals surface area (Å²) < 4.78 is 36.3. The van der Waals surface area contributed by atoms with Crippen LogP contribution in [0.5, 0.6) is 0 Å². The first-order valence-corrected chi connectivity index (χ1v) is 4.27. The fourth-order valence-electron chi connectivity index (χ4n) is 0.233. The van der Waals surface area contributed by atoms with Gasteiger partial charge in [-0.05, 0) is 20.8 Å². The number of carbonyl (C=O) groups excluding carboxylic acids is 1. The van der Waals surface area contributed by atoms with E-state index in [0.29, 0.717) is 0 Å². The van der Waals surface area contributed by atoms with E-state index < -0.39 is 19.4 Å².